The topological polar surface area (TPSA) is 86.7 Å². The van der Waals surface area contributed by atoms with Gasteiger partial charge in [0.15, 0.2) is 0 Å². The fourth-order valence-corrected chi connectivity index (χ4v) is 4.49. The van der Waals surface area contributed by atoms with Gasteiger partial charge in [-0.3, -0.25) is 4.79 Å². The Bertz CT molecular complexity index is 709. The van der Waals surface area contributed by atoms with Gasteiger partial charge in [-0.2, -0.15) is 0 Å². The minimum absolute atomic E-state index is 0. The minimum Gasteiger partial charge on any atom is -0.545 e. The molecule has 0 fully saturated rings. The number of hydrogen-bond acceptors (Lipinski definition) is 5. The molecule has 0 aromatic carbocycles. The van der Waals surface area contributed by atoms with Crippen molar-refractivity contribution in [1.82, 2.24) is 0 Å². The van der Waals surface area contributed by atoms with Crippen molar-refractivity contribution in [1.29, 1.82) is 0 Å². The Labute approximate surface area is 209 Å². The third-order valence-electron chi connectivity index (χ3n) is 6.79. The maximum atomic E-state index is 12.8. The third kappa shape index (κ3) is 7.88. The van der Waals surface area contributed by atoms with Crippen LogP contribution in [0.5, 0.6) is 0 Å². The molecule has 31 heavy (non-hydrogen) atoms. The smallest absolute Gasteiger partial charge is 0.545 e. The van der Waals surface area contributed by atoms with E-state index < -0.39 is 17.5 Å². The van der Waals surface area contributed by atoms with E-state index in [1.807, 2.05) is 20.8 Å². The van der Waals surface area contributed by atoms with E-state index in [0.29, 0.717) is 24.7 Å². The van der Waals surface area contributed by atoms with Crippen LogP contribution in [-0.4, -0.2) is 29.3 Å². The van der Waals surface area contributed by atoms with Crippen molar-refractivity contribution in [3.63, 3.8) is 0 Å². The first-order chi connectivity index (χ1) is 14.0. The van der Waals surface area contributed by atoms with Crippen LogP contribution < -0.4 is 34.7 Å². The first-order valence-corrected chi connectivity index (χ1v) is 11.2. The van der Waals surface area contributed by atoms with Crippen LogP contribution in [0.4, 0.5) is 0 Å². The number of carbonyl (C=O) groups excluding carboxylic acids is 2. The molecule has 168 valence electrons. The summed E-state index contributed by atoms with van der Waals surface area (Å²) in [6.45, 7) is 10.2. The van der Waals surface area contributed by atoms with Gasteiger partial charge < -0.3 is 19.7 Å². The Morgan fingerprint density at radius 2 is 2.03 bits per heavy atom. The summed E-state index contributed by atoms with van der Waals surface area (Å²) in [4.78, 5) is 23.3. The van der Waals surface area contributed by atoms with Crippen molar-refractivity contribution < 1.29 is 54.1 Å². The molecule has 1 N–H and O–H groups in total. The number of aliphatic hydroxyl groups is 1. The van der Waals surface area contributed by atoms with Crippen LogP contribution in [0.1, 0.15) is 66.7 Å². The zero-order valence-corrected chi connectivity index (χ0v) is 22.0. The van der Waals surface area contributed by atoms with Crippen LogP contribution in [0.2, 0.25) is 0 Å². The molecule has 2 rings (SSSR count). The van der Waals surface area contributed by atoms with E-state index in [4.69, 9.17) is 4.74 Å². The predicted molar refractivity (Wildman–Crippen MR) is 115 cm³/mol. The zero-order chi connectivity index (χ0) is 22.5. The maximum Gasteiger partial charge on any atom is 1.00 e. The fraction of sp³-hybridized carbons (Fsp3) is 0.680. The summed E-state index contributed by atoms with van der Waals surface area (Å²) in [6, 6.07) is 0. The number of carboxylic acid groups (broad SMARTS) is 1. The van der Waals surface area contributed by atoms with E-state index in [1.165, 1.54) is 11.6 Å². The Kier molecular flexibility index (Phi) is 11.2. The van der Waals surface area contributed by atoms with Gasteiger partial charge in [-0.05, 0) is 75.4 Å². The van der Waals surface area contributed by atoms with Gasteiger partial charge in [0.1, 0.15) is 6.10 Å². The van der Waals surface area contributed by atoms with Crippen molar-refractivity contribution in [3.05, 3.63) is 36.0 Å². The number of allylic oxidation sites excluding steroid dienone is 3. The molecule has 5 nitrogen and oxygen atoms in total. The van der Waals surface area contributed by atoms with Crippen molar-refractivity contribution >= 4 is 11.9 Å². The van der Waals surface area contributed by atoms with E-state index in [2.05, 4.69) is 32.1 Å². The van der Waals surface area contributed by atoms with E-state index >= 15 is 0 Å². The standard InChI is InChI=1S/C25H38O5.Na/c1-6-25(4,5)24(29)30-21-15-16(2)14-18-11-10-17(3)20(23(18)21)13-12-19(26)8-7-9-22(27)28;/h7,9-11,14,16-17,19-21,23,26H,6,8,12-13,15H2,1-5H3,(H,27,28);/q;+1/p-1/b9-7+;/t16-,17-,19-,20-,21-,23-;/m0./s1. The summed E-state index contributed by atoms with van der Waals surface area (Å²) in [5.41, 5.74) is 0.729. The van der Waals surface area contributed by atoms with Gasteiger partial charge in [0, 0.05) is 5.92 Å². The molecular formula is C25H37NaO5. The van der Waals surface area contributed by atoms with Gasteiger partial charge in [0.2, 0.25) is 0 Å². The Morgan fingerprint density at radius 3 is 2.65 bits per heavy atom. The molecule has 0 aromatic heterocycles. The second-order valence-electron chi connectivity index (χ2n) is 9.66. The molecule has 2 aliphatic carbocycles. The second-order valence-corrected chi connectivity index (χ2v) is 9.66. The van der Waals surface area contributed by atoms with Crippen LogP contribution >= 0.6 is 0 Å². The van der Waals surface area contributed by atoms with E-state index in [9.17, 15) is 19.8 Å². The van der Waals surface area contributed by atoms with Gasteiger partial charge in [0.05, 0.1) is 17.5 Å². The fourth-order valence-electron chi connectivity index (χ4n) is 4.49. The number of rotatable bonds is 9. The van der Waals surface area contributed by atoms with Gasteiger partial charge in [0.25, 0.3) is 0 Å². The van der Waals surface area contributed by atoms with Crippen molar-refractivity contribution in [2.75, 3.05) is 0 Å². The molecule has 0 radical (unpaired) electrons. The Balaban J connectivity index is 0.00000480. The van der Waals surface area contributed by atoms with E-state index in [-0.39, 0.29) is 53.5 Å². The molecule has 0 amide bonds. The number of aliphatic hydroxyl groups excluding tert-OH is 1. The zero-order valence-electron chi connectivity index (χ0n) is 20.0. The van der Waals surface area contributed by atoms with Crippen molar-refractivity contribution in [3.8, 4) is 0 Å². The maximum absolute atomic E-state index is 12.8. The predicted octanol–water partition coefficient (Wildman–Crippen LogP) is 0.580. The Hall–Kier alpha value is -0.880. The van der Waals surface area contributed by atoms with E-state index in [0.717, 1.165) is 25.3 Å². The number of hydrogen-bond donors (Lipinski definition) is 1. The molecule has 0 aromatic rings. The first kappa shape index (κ1) is 28.2. The largest absolute Gasteiger partial charge is 1.00 e. The van der Waals surface area contributed by atoms with Gasteiger partial charge in [-0.25, -0.2) is 0 Å². The molecule has 0 saturated carbocycles. The van der Waals surface area contributed by atoms with Crippen LogP contribution in [0.15, 0.2) is 36.0 Å². The monoisotopic (exact) mass is 440 g/mol. The summed E-state index contributed by atoms with van der Waals surface area (Å²) in [6.07, 6.45) is 11.5. The van der Waals surface area contributed by atoms with Crippen LogP contribution in [0.3, 0.4) is 0 Å². The van der Waals surface area contributed by atoms with Crippen molar-refractivity contribution in [2.24, 2.45) is 29.1 Å². The number of esters is 1. The van der Waals surface area contributed by atoms with Gasteiger partial charge >= 0.3 is 35.5 Å². The average Bonchev–Trinajstić information content (AvgIpc) is 2.66. The van der Waals surface area contributed by atoms with Gasteiger partial charge in [-0.1, -0.05) is 45.1 Å². The van der Waals surface area contributed by atoms with Crippen LogP contribution in [0, 0.1) is 29.1 Å². The molecule has 6 heteroatoms. The summed E-state index contributed by atoms with van der Waals surface area (Å²) in [5, 5.41) is 20.8. The number of fused-ring (bicyclic) bond motifs is 1. The SMILES string of the molecule is CCC(C)(C)C(=O)O[C@H]1C[C@@H](C)C=C2C=C[C@H](C)[C@H](CC[C@@H](O)C/C=C/C(=O)[O-])[C@H]21.[Na+]. The number of carboxylic acids is 1. The number of carbonyl (C=O) groups is 2. The molecule has 0 bridgehead atoms. The second kappa shape index (κ2) is 12.4. The third-order valence-corrected chi connectivity index (χ3v) is 6.79. The number of aliphatic carboxylic acids is 1. The molecule has 0 spiro atoms. The molecule has 0 unspecified atom stereocenters. The first-order valence-electron chi connectivity index (χ1n) is 11.2. The van der Waals surface area contributed by atoms with Gasteiger partial charge in [-0.15, -0.1) is 0 Å². The number of ether oxygens (including phenoxy) is 1. The molecular weight excluding hydrogens is 403 g/mol. The average molecular weight is 441 g/mol. The van der Waals surface area contributed by atoms with Crippen LogP contribution in [0.25, 0.3) is 0 Å². The van der Waals surface area contributed by atoms with Crippen molar-refractivity contribution in [2.45, 2.75) is 78.9 Å². The summed E-state index contributed by atoms with van der Waals surface area (Å²) < 4.78 is 6.10. The molecule has 6 atom stereocenters. The molecule has 2 aliphatic rings. The summed E-state index contributed by atoms with van der Waals surface area (Å²) in [7, 11) is 0. The molecule has 0 aliphatic heterocycles. The van der Waals surface area contributed by atoms with Crippen LogP contribution in [-0.2, 0) is 14.3 Å². The molecule has 0 saturated heterocycles. The summed E-state index contributed by atoms with van der Waals surface area (Å²) >= 11 is 0. The van der Waals surface area contributed by atoms with E-state index in [1.54, 1.807) is 0 Å². The molecule has 0 heterocycles. The normalized spacial score (nSPS) is 29.0. The minimum atomic E-state index is -1.25. The quantitative estimate of drug-likeness (QED) is 0.322. The Morgan fingerprint density at radius 1 is 1.35 bits per heavy atom. The summed E-state index contributed by atoms with van der Waals surface area (Å²) in [5.74, 6) is -0.347.